The fourth-order valence-corrected chi connectivity index (χ4v) is 2.38. The fraction of sp³-hybridized carbons (Fsp3) is 0.250. The summed E-state index contributed by atoms with van der Waals surface area (Å²) in [5, 5.41) is 11.5. The molecular formula is C20H20N2O2. The highest BCUT2D eigenvalue weighted by Crippen LogP contribution is 2.14. The Morgan fingerprint density at radius 3 is 2.42 bits per heavy atom. The molecule has 0 radical (unpaired) electrons. The number of carbonyl (C=O) groups excluding carboxylic acids is 2. The normalized spacial score (nSPS) is 10.0. The molecule has 4 heteroatoms. The van der Waals surface area contributed by atoms with Crippen molar-refractivity contribution in [2.45, 2.75) is 33.2 Å². The third-order valence-electron chi connectivity index (χ3n) is 3.85. The van der Waals surface area contributed by atoms with E-state index < -0.39 is 0 Å². The number of hydrogen-bond donors (Lipinski definition) is 1. The summed E-state index contributed by atoms with van der Waals surface area (Å²) in [4.78, 5) is 24.2. The Morgan fingerprint density at radius 1 is 1.04 bits per heavy atom. The van der Waals surface area contributed by atoms with Crippen LogP contribution < -0.4 is 5.32 Å². The van der Waals surface area contributed by atoms with Crippen molar-refractivity contribution in [1.29, 1.82) is 5.26 Å². The van der Waals surface area contributed by atoms with Crippen molar-refractivity contribution in [3.8, 4) is 6.07 Å². The molecule has 0 aliphatic rings. The van der Waals surface area contributed by atoms with E-state index in [0.717, 1.165) is 16.7 Å². The molecule has 2 rings (SSSR count). The van der Waals surface area contributed by atoms with Crippen molar-refractivity contribution in [2.75, 3.05) is 0 Å². The maximum absolute atomic E-state index is 12.3. The van der Waals surface area contributed by atoms with E-state index in [1.165, 1.54) is 0 Å². The Bertz CT molecular complexity index is 786. The van der Waals surface area contributed by atoms with E-state index in [2.05, 4.69) is 11.4 Å². The first-order valence-corrected chi connectivity index (χ1v) is 7.86. The van der Waals surface area contributed by atoms with E-state index in [9.17, 15) is 9.59 Å². The zero-order chi connectivity index (χ0) is 17.5. The van der Waals surface area contributed by atoms with E-state index >= 15 is 0 Å². The van der Waals surface area contributed by atoms with Gasteiger partial charge in [-0.2, -0.15) is 5.26 Å². The molecule has 1 amide bonds. The molecule has 0 atom stereocenters. The molecule has 4 nitrogen and oxygen atoms in total. The number of nitrogens with one attached hydrogen (secondary N) is 1. The zero-order valence-corrected chi connectivity index (χ0v) is 13.9. The van der Waals surface area contributed by atoms with Gasteiger partial charge in [-0.25, -0.2) is 0 Å². The Labute approximate surface area is 142 Å². The summed E-state index contributed by atoms with van der Waals surface area (Å²) in [5.74, 6) is -0.164. The first-order valence-electron chi connectivity index (χ1n) is 7.86. The number of rotatable bonds is 6. The third-order valence-corrected chi connectivity index (χ3v) is 3.85. The van der Waals surface area contributed by atoms with E-state index in [4.69, 9.17) is 5.26 Å². The van der Waals surface area contributed by atoms with Gasteiger partial charge >= 0.3 is 0 Å². The number of carbonyl (C=O) groups is 2. The van der Waals surface area contributed by atoms with E-state index in [-0.39, 0.29) is 24.5 Å². The van der Waals surface area contributed by atoms with Crippen LogP contribution in [-0.2, 0) is 11.3 Å². The maximum atomic E-state index is 12.3. The Morgan fingerprint density at radius 2 is 1.75 bits per heavy atom. The Hall–Kier alpha value is -2.93. The van der Waals surface area contributed by atoms with Crippen LogP contribution in [0.4, 0.5) is 0 Å². The second-order valence-corrected chi connectivity index (χ2v) is 5.83. The molecule has 0 saturated carbocycles. The highest BCUT2D eigenvalue weighted by molar-refractivity contribution is 5.99. The predicted octanol–water partition coefficient (Wildman–Crippen LogP) is 3.45. The van der Waals surface area contributed by atoms with Crippen molar-refractivity contribution in [1.82, 2.24) is 5.32 Å². The van der Waals surface area contributed by atoms with Crippen LogP contribution >= 0.6 is 0 Å². The van der Waals surface area contributed by atoms with Crippen LogP contribution in [-0.4, -0.2) is 11.7 Å². The van der Waals surface area contributed by atoms with Gasteiger partial charge in [0, 0.05) is 24.9 Å². The number of aryl methyl sites for hydroxylation is 2. The molecule has 122 valence electrons. The van der Waals surface area contributed by atoms with Gasteiger partial charge in [0.1, 0.15) is 0 Å². The smallest absolute Gasteiger partial charge is 0.220 e. The third kappa shape index (κ3) is 4.79. The molecule has 0 unspecified atom stereocenters. The standard InChI is InChI=1S/C20H20N2O2/c1-14-3-4-15(2)18(11-14)19(23)9-10-20(24)22-13-17-7-5-16(12-21)6-8-17/h3-8,11H,9-10,13H2,1-2H3,(H,22,24). The molecular weight excluding hydrogens is 300 g/mol. The quantitative estimate of drug-likeness (QED) is 0.829. The summed E-state index contributed by atoms with van der Waals surface area (Å²) in [6.45, 7) is 4.24. The van der Waals surface area contributed by atoms with Gasteiger partial charge in [-0.15, -0.1) is 0 Å². The molecule has 0 aliphatic carbocycles. The molecule has 0 saturated heterocycles. The minimum Gasteiger partial charge on any atom is -0.352 e. The van der Waals surface area contributed by atoms with E-state index in [1.807, 2.05) is 32.0 Å². The Kier molecular flexibility index (Phi) is 5.86. The number of ketones is 1. The van der Waals surface area contributed by atoms with Crippen molar-refractivity contribution in [2.24, 2.45) is 0 Å². The number of nitrogens with zero attached hydrogens (tertiary/aromatic N) is 1. The minimum atomic E-state index is -0.155. The number of Topliss-reactive ketones (excluding diaryl/α,β-unsaturated/α-hetero) is 1. The monoisotopic (exact) mass is 320 g/mol. The van der Waals surface area contributed by atoms with Crippen LogP contribution in [0, 0.1) is 25.2 Å². The Balaban J connectivity index is 1.83. The van der Waals surface area contributed by atoms with Gasteiger partial charge in [0.05, 0.1) is 11.6 Å². The molecule has 0 spiro atoms. The average molecular weight is 320 g/mol. The van der Waals surface area contributed by atoms with Crippen LogP contribution in [0.3, 0.4) is 0 Å². The summed E-state index contributed by atoms with van der Waals surface area (Å²) < 4.78 is 0. The molecule has 0 aliphatic heterocycles. The van der Waals surface area contributed by atoms with Crippen molar-refractivity contribution >= 4 is 11.7 Å². The van der Waals surface area contributed by atoms with Crippen molar-refractivity contribution < 1.29 is 9.59 Å². The van der Waals surface area contributed by atoms with Gasteiger partial charge in [-0.05, 0) is 43.2 Å². The topological polar surface area (TPSA) is 70.0 Å². The SMILES string of the molecule is Cc1ccc(C)c(C(=O)CCC(=O)NCc2ccc(C#N)cc2)c1. The zero-order valence-electron chi connectivity index (χ0n) is 13.9. The second kappa shape index (κ2) is 8.07. The van der Waals surface area contributed by atoms with Crippen LogP contribution in [0.2, 0.25) is 0 Å². The summed E-state index contributed by atoms with van der Waals surface area (Å²) in [5.41, 5.74) is 4.17. The van der Waals surface area contributed by atoms with Gasteiger partial charge in [0.25, 0.3) is 0 Å². The van der Waals surface area contributed by atoms with Crippen molar-refractivity contribution in [3.05, 3.63) is 70.3 Å². The molecule has 0 bridgehead atoms. The van der Waals surface area contributed by atoms with Crippen LogP contribution in [0.25, 0.3) is 0 Å². The largest absolute Gasteiger partial charge is 0.352 e. The highest BCUT2D eigenvalue weighted by Gasteiger charge is 2.11. The molecule has 24 heavy (non-hydrogen) atoms. The maximum Gasteiger partial charge on any atom is 0.220 e. The first kappa shape index (κ1) is 17.4. The van der Waals surface area contributed by atoms with Crippen LogP contribution in [0.1, 0.15) is 45.5 Å². The summed E-state index contributed by atoms with van der Waals surface area (Å²) >= 11 is 0. The molecule has 2 aromatic rings. The lowest BCUT2D eigenvalue weighted by Crippen LogP contribution is -2.23. The number of benzene rings is 2. The van der Waals surface area contributed by atoms with Crippen LogP contribution in [0.5, 0.6) is 0 Å². The van der Waals surface area contributed by atoms with Gasteiger partial charge in [-0.3, -0.25) is 9.59 Å². The molecule has 0 aromatic heterocycles. The molecule has 1 N–H and O–H groups in total. The number of hydrogen-bond acceptors (Lipinski definition) is 3. The summed E-state index contributed by atoms with van der Waals surface area (Å²) in [7, 11) is 0. The van der Waals surface area contributed by atoms with Crippen molar-refractivity contribution in [3.63, 3.8) is 0 Å². The van der Waals surface area contributed by atoms with E-state index in [0.29, 0.717) is 17.7 Å². The fourth-order valence-electron chi connectivity index (χ4n) is 2.38. The molecule has 2 aromatic carbocycles. The predicted molar refractivity (Wildman–Crippen MR) is 92.5 cm³/mol. The van der Waals surface area contributed by atoms with Gasteiger partial charge in [0.15, 0.2) is 5.78 Å². The van der Waals surface area contributed by atoms with Crippen LogP contribution in [0.15, 0.2) is 42.5 Å². The second-order valence-electron chi connectivity index (χ2n) is 5.83. The lowest BCUT2D eigenvalue weighted by Gasteiger charge is -2.07. The lowest BCUT2D eigenvalue weighted by atomic mass is 9.99. The van der Waals surface area contributed by atoms with E-state index in [1.54, 1.807) is 24.3 Å². The number of nitriles is 1. The number of amides is 1. The average Bonchev–Trinajstić information content (AvgIpc) is 2.60. The first-order chi connectivity index (χ1) is 11.5. The van der Waals surface area contributed by atoms with Gasteiger partial charge in [0.2, 0.25) is 5.91 Å². The molecule has 0 heterocycles. The highest BCUT2D eigenvalue weighted by atomic mass is 16.2. The molecule has 0 fully saturated rings. The van der Waals surface area contributed by atoms with Gasteiger partial charge in [-0.1, -0.05) is 29.8 Å². The van der Waals surface area contributed by atoms with Gasteiger partial charge < -0.3 is 5.32 Å². The summed E-state index contributed by atoms with van der Waals surface area (Å²) in [6.07, 6.45) is 0.367. The minimum absolute atomic E-state index is 0.00952. The summed E-state index contributed by atoms with van der Waals surface area (Å²) in [6, 6.07) is 14.9. The lowest BCUT2D eigenvalue weighted by molar-refractivity contribution is -0.121.